The Hall–Kier alpha value is -2.62. The molecular formula is C20H21NO7S. The van der Waals surface area contributed by atoms with Crippen LogP contribution in [0.1, 0.15) is 23.5 Å². The number of benzene rings is 2. The Morgan fingerprint density at radius 2 is 1.97 bits per heavy atom. The highest BCUT2D eigenvalue weighted by molar-refractivity contribution is 7.89. The SMILES string of the molecule is Cc1ccc(S(=O)(=O)NC2C(O)CC3Oc4c(OCC(=O)O)cccc4C32)cc1. The number of hydrogen-bond acceptors (Lipinski definition) is 6. The third-order valence-corrected chi connectivity index (χ3v) is 6.76. The fourth-order valence-corrected chi connectivity index (χ4v) is 5.25. The maximum atomic E-state index is 12.8. The smallest absolute Gasteiger partial charge is 0.341 e. The van der Waals surface area contributed by atoms with E-state index in [4.69, 9.17) is 14.6 Å². The quantitative estimate of drug-likeness (QED) is 0.647. The molecule has 1 aliphatic carbocycles. The van der Waals surface area contributed by atoms with E-state index in [1.54, 1.807) is 30.3 Å². The van der Waals surface area contributed by atoms with Gasteiger partial charge in [0.05, 0.1) is 17.0 Å². The Balaban J connectivity index is 1.62. The molecule has 4 unspecified atom stereocenters. The molecule has 0 bridgehead atoms. The summed E-state index contributed by atoms with van der Waals surface area (Å²) in [5.41, 5.74) is 1.63. The highest BCUT2D eigenvalue weighted by Gasteiger charge is 2.51. The van der Waals surface area contributed by atoms with E-state index in [0.717, 1.165) is 5.56 Å². The van der Waals surface area contributed by atoms with E-state index in [1.807, 2.05) is 6.92 Å². The highest BCUT2D eigenvalue weighted by Crippen LogP contribution is 2.51. The fourth-order valence-electron chi connectivity index (χ4n) is 3.96. The van der Waals surface area contributed by atoms with Crippen molar-refractivity contribution in [1.29, 1.82) is 0 Å². The molecule has 9 heteroatoms. The van der Waals surface area contributed by atoms with Gasteiger partial charge in [-0.25, -0.2) is 17.9 Å². The Bertz CT molecular complexity index is 1040. The molecule has 1 fully saturated rings. The summed E-state index contributed by atoms with van der Waals surface area (Å²) < 4.78 is 39.5. The van der Waals surface area contributed by atoms with E-state index in [9.17, 15) is 18.3 Å². The van der Waals surface area contributed by atoms with Crippen LogP contribution < -0.4 is 14.2 Å². The molecule has 154 valence electrons. The zero-order valence-electron chi connectivity index (χ0n) is 15.6. The predicted octanol–water partition coefficient (Wildman–Crippen LogP) is 1.41. The predicted molar refractivity (Wildman–Crippen MR) is 103 cm³/mol. The zero-order valence-corrected chi connectivity index (χ0v) is 16.4. The topological polar surface area (TPSA) is 122 Å². The van der Waals surface area contributed by atoms with E-state index in [-0.39, 0.29) is 17.1 Å². The Labute approximate surface area is 168 Å². The third kappa shape index (κ3) is 3.68. The van der Waals surface area contributed by atoms with Crippen LogP contribution in [0.5, 0.6) is 11.5 Å². The standard InChI is InChI=1S/C20H21NO7S/c1-11-5-7-12(8-6-11)29(25,26)21-19-14(22)9-16-18(19)13-3-2-4-15(20(13)28-16)27-10-17(23)24/h2-8,14,16,18-19,21-22H,9-10H2,1H3,(H,23,24). The number of nitrogens with one attached hydrogen (secondary N) is 1. The van der Waals surface area contributed by atoms with Crippen molar-refractivity contribution < 1.29 is 32.9 Å². The Morgan fingerprint density at radius 3 is 2.66 bits per heavy atom. The van der Waals surface area contributed by atoms with E-state index in [2.05, 4.69) is 4.72 Å². The van der Waals surface area contributed by atoms with Gasteiger partial charge in [-0.2, -0.15) is 0 Å². The maximum Gasteiger partial charge on any atom is 0.341 e. The summed E-state index contributed by atoms with van der Waals surface area (Å²) in [6.07, 6.45) is -1.10. The first-order valence-electron chi connectivity index (χ1n) is 9.17. The highest BCUT2D eigenvalue weighted by atomic mass is 32.2. The molecule has 3 N–H and O–H groups in total. The number of carbonyl (C=O) groups is 1. The lowest BCUT2D eigenvalue weighted by Crippen LogP contribution is -2.43. The van der Waals surface area contributed by atoms with Gasteiger partial charge in [0.1, 0.15) is 6.10 Å². The molecule has 1 heterocycles. The van der Waals surface area contributed by atoms with Crippen LogP contribution in [-0.2, 0) is 14.8 Å². The summed E-state index contributed by atoms with van der Waals surface area (Å²) in [7, 11) is -3.84. The number of para-hydroxylation sites is 1. The van der Waals surface area contributed by atoms with Gasteiger partial charge < -0.3 is 19.7 Å². The minimum Gasteiger partial charge on any atom is -0.485 e. The second-order valence-corrected chi connectivity index (χ2v) is 9.02. The Kier molecular flexibility index (Phi) is 4.97. The van der Waals surface area contributed by atoms with Gasteiger partial charge in [-0.1, -0.05) is 29.8 Å². The van der Waals surface area contributed by atoms with Gasteiger partial charge in [0.15, 0.2) is 18.1 Å². The van der Waals surface area contributed by atoms with Gasteiger partial charge in [0.2, 0.25) is 10.0 Å². The molecule has 4 rings (SSSR count). The van der Waals surface area contributed by atoms with Gasteiger partial charge in [0.25, 0.3) is 0 Å². The molecule has 0 amide bonds. The molecule has 2 aromatic rings. The van der Waals surface area contributed by atoms with Gasteiger partial charge in [0, 0.05) is 17.9 Å². The van der Waals surface area contributed by atoms with Crippen molar-refractivity contribution in [2.45, 2.75) is 42.4 Å². The number of carboxylic acid groups (broad SMARTS) is 1. The normalized spacial score (nSPS) is 25.2. The van der Waals surface area contributed by atoms with E-state index >= 15 is 0 Å². The van der Waals surface area contributed by atoms with E-state index < -0.39 is 46.8 Å². The molecule has 8 nitrogen and oxygen atoms in total. The minimum atomic E-state index is -3.84. The number of carboxylic acids is 1. The number of aliphatic hydroxyl groups excluding tert-OH is 1. The molecule has 2 aliphatic rings. The first kappa shape index (κ1) is 19.7. The van der Waals surface area contributed by atoms with Crippen LogP contribution >= 0.6 is 0 Å². The second kappa shape index (κ2) is 7.33. The molecule has 0 radical (unpaired) electrons. The third-order valence-electron chi connectivity index (χ3n) is 5.29. The van der Waals surface area contributed by atoms with Crippen LogP contribution in [0.4, 0.5) is 0 Å². The molecule has 0 spiro atoms. The van der Waals surface area contributed by atoms with Crippen molar-refractivity contribution in [3.8, 4) is 11.5 Å². The van der Waals surface area contributed by atoms with Crippen molar-refractivity contribution >= 4 is 16.0 Å². The van der Waals surface area contributed by atoms with Crippen molar-refractivity contribution in [2.24, 2.45) is 0 Å². The number of sulfonamides is 1. The molecule has 0 saturated heterocycles. The number of aliphatic hydroxyl groups is 1. The average molecular weight is 419 g/mol. The summed E-state index contributed by atoms with van der Waals surface area (Å²) in [6, 6.07) is 10.8. The number of aryl methyl sites for hydroxylation is 1. The minimum absolute atomic E-state index is 0.122. The molecule has 29 heavy (non-hydrogen) atoms. The van der Waals surface area contributed by atoms with Crippen LogP contribution in [0.2, 0.25) is 0 Å². The molecule has 1 saturated carbocycles. The van der Waals surface area contributed by atoms with Crippen LogP contribution in [0.3, 0.4) is 0 Å². The lowest BCUT2D eigenvalue weighted by Gasteiger charge is -2.22. The number of hydrogen-bond donors (Lipinski definition) is 3. The van der Waals surface area contributed by atoms with Gasteiger partial charge >= 0.3 is 5.97 Å². The molecule has 2 aromatic carbocycles. The van der Waals surface area contributed by atoms with Crippen LogP contribution in [0.25, 0.3) is 0 Å². The van der Waals surface area contributed by atoms with Crippen LogP contribution in [0, 0.1) is 6.92 Å². The number of rotatable bonds is 6. The summed E-state index contributed by atoms with van der Waals surface area (Å²) in [4.78, 5) is 10.9. The second-order valence-electron chi connectivity index (χ2n) is 7.30. The summed E-state index contributed by atoms with van der Waals surface area (Å²) in [5.74, 6) is -0.835. The van der Waals surface area contributed by atoms with Crippen molar-refractivity contribution in [3.63, 3.8) is 0 Å². The van der Waals surface area contributed by atoms with Gasteiger partial charge in [-0.05, 0) is 25.1 Å². The van der Waals surface area contributed by atoms with E-state index in [1.165, 1.54) is 12.1 Å². The summed E-state index contributed by atoms with van der Waals surface area (Å²) >= 11 is 0. The molecule has 0 aromatic heterocycles. The summed E-state index contributed by atoms with van der Waals surface area (Å²) in [5, 5.41) is 19.3. The monoisotopic (exact) mass is 419 g/mol. The lowest BCUT2D eigenvalue weighted by molar-refractivity contribution is -0.139. The zero-order chi connectivity index (χ0) is 20.8. The fraction of sp³-hybridized carbons (Fsp3) is 0.350. The van der Waals surface area contributed by atoms with Crippen molar-refractivity contribution in [3.05, 3.63) is 53.6 Å². The van der Waals surface area contributed by atoms with E-state index in [0.29, 0.717) is 11.3 Å². The van der Waals surface area contributed by atoms with Crippen LogP contribution in [-0.4, -0.2) is 49.5 Å². The molecule has 1 aliphatic heterocycles. The molecule has 4 atom stereocenters. The number of fused-ring (bicyclic) bond motifs is 3. The molecular weight excluding hydrogens is 398 g/mol. The number of ether oxygens (including phenoxy) is 2. The lowest BCUT2D eigenvalue weighted by atomic mass is 9.94. The first-order chi connectivity index (χ1) is 13.8. The average Bonchev–Trinajstić information content (AvgIpc) is 3.16. The summed E-state index contributed by atoms with van der Waals surface area (Å²) in [6.45, 7) is 1.35. The largest absolute Gasteiger partial charge is 0.485 e. The van der Waals surface area contributed by atoms with Gasteiger partial charge in [-0.3, -0.25) is 0 Å². The number of aliphatic carboxylic acids is 1. The van der Waals surface area contributed by atoms with Crippen molar-refractivity contribution in [2.75, 3.05) is 6.61 Å². The Morgan fingerprint density at radius 1 is 1.24 bits per heavy atom. The van der Waals surface area contributed by atoms with Crippen molar-refractivity contribution in [1.82, 2.24) is 4.72 Å². The first-order valence-corrected chi connectivity index (χ1v) is 10.7. The van der Waals surface area contributed by atoms with Gasteiger partial charge in [-0.15, -0.1) is 0 Å². The van der Waals surface area contributed by atoms with Crippen LogP contribution in [0.15, 0.2) is 47.4 Å². The maximum absolute atomic E-state index is 12.8.